The van der Waals surface area contributed by atoms with Crippen LogP contribution in [-0.4, -0.2) is 56.0 Å². The third-order valence-corrected chi connectivity index (χ3v) is 7.78. The van der Waals surface area contributed by atoms with Gasteiger partial charge in [-0.15, -0.1) is 0 Å². The number of benzene rings is 3. The molecule has 38 heavy (non-hydrogen) atoms. The summed E-state index contributed by atoms with van der Waals surface area (Å²) in [6.07, 6.45) is 0.568. The molecule has 0 aliphatic carbocycles. The van der Waals surface area contributed by atoms with Crippen molar-refractivity contribution in [2.75, 3.05) is 24.1 Å². The second-order valence-corrected chi connectivity index (χ2v) is 10.7. The molecule has 0 radical (unpaired) electrons. The molecule has 0 spiro atoms. The number of anilines is 1. The molecule has 2 N–H and O–H groups in total. The minimum absolute atomic E-state index is 0.0793. The van der Waals surface area contributed by atoms with Crippen LogP contribution in [0.25, 0.3) is 0 Å². The van der Waals surface area contributed by atoms with Crippen molar-refractivity contribution in [2.24, 2.45) is 0 Å². The molecule has 9 nitrogen and oxygen atoms in total. The number of piperidine rings is 1. The molecule has 1 saturated heterocycles. The number of aliphatic hydroxyl groups excluding tert-OH is 1. The standard InChI is InChI=1S/C26H25ClFN3O6S/c27-23-16-19(28)8-11-24(23)37-31(20-4-2-1-3-5-20)38(35,36)22-9-6-18(7-10-22)26(34)29-17-25(33)30-14-12-21(32)13-15-30/h1-11,16,21,32H,12-15,17H2,(H,29,34). The Kier molecular flexibility index (Phi) is 8.50. The number of amides is 2. The van der Waals surface area contributed by atoms with Crippen molar-refractivity contribution in [3.8, 4) is 5.75 Å². The molecule has 1 fully saturated rings. The van der Waals surface area contributed by atoms with Crippen LogP contribution in [0.3, 0.4) is 0 Å². The summed E-state index contributed by atoms with van der Waals surface area (Å²) in [5, 5.41) is 12.0. The molecule has 2 amide bonds. The maximum Gasteiger partial charge on any atom is 0.295 e. The summed E-state index contributed by atoms with van der Waals surface area (Å²) in [5.41, 5.74) is 0.318. The highest BCUT2D eigenvalue weighted by Gasteiger charge is 2.29. The number of aliphatic hydroxyl groups is 1. The van der Waals surface area contributed by atoms with Crippen molar-refractivity contribution in [3.63, 3.8) is 0 Å². The zero-order valence-corrected chi connectivity index (χ0v) is 21.7. The van der Waals surface area contributed by atoms with E-state index in [1.165, 1.54) is 42.5 Å². The first-order valence-corrected chi connectivity index (χ1v) is 13.5. The fourth-order valence-electron chi connectivity index (χ4n) is 3.79. The molecule has 0 atom stereocenters. The van der Waals surface area contributed by atoms with Gasteiger partial charge < -0.3 is 20.2 Å². The molecule has 0 saturated carbocycles. The Morgan fingerprint density at radius 3 is 2.34 bits per heavy atom. The van der Waals surface area contributed by atoms with Crippen LogP contribution in [0.4, 0.5) is 10.1 Å². The molecule has 4 rings (SSSR count). The van der Waals surface area contributed by atoms with E-state index in [1.807, 2.05) is 0 Å². The molecule has 12 heteroatoms. The van der Waals surface area contributed by atoms with E-state index in [2.05, 4.69) is 5.32 Å². The highest BCUT2D eigenvalue weighted by Crippen LogP contribution is 2.31. The summed E-state index contributed by atoms with van der Waals surface area (Å²) in [5.74, 6) is -1.50. The topological polar surface area (TPSA) is 116 Å². The number of carbonyl (C=O) groups excluding carboxylic acids is 2. The molecular formula is C26H25ClFN3O6S. The summed E-state index contributed by atoms with van der Waals surface area (Å²) >= 11 is 6.05. The fraction of sp³-hybridized carbons (Fsp3) is 0.231. The number of para-hydroxylation sites is 1. The maximum absolute atomic E-state index is 13.5. The lowest BCUT2D eigenvalue weighted by Crippen LogP contribution is -2.45. The molecule has 0 unspecified atom stereocenters. The Balaban J connectivity index is 1.49. The van der Waals surface area contributed by atoms with Gasteiger partial charge in [0.25, 0.3) is 15.9 Å². The van der Waals surface area contributed by atoms with E-state index in [-0.39, 0.29) is 39.4 Å². The molecule has 0 aromatic heterocycles. The van der Waals surface area contributed by atoms with Gasteiger partial charge in [0, 0.05) is 18.7 Å². The zero-order valence-electron chi connectivity index (χ0n) is 20.1. The predicted octanol–water partition coefficient (Wildman–Crippen LogP) is 3.38. The molecule has 1 aliphatic heterocycles. The monoisotopic (exact) mass is 561 g/mol. The molecule has 1 heterocycles. The van der Waals surface area contributed by atoms with Gasteiger partial charge in [-0.25, -0.2) is 4.39 Å². The number of nitrogens with zero attached hydrogens (tertiary/aromatic N) is 2. The molecule has 0 bridgehead atoms. The number of nitrogens with one attached hydrogen (secondary N) is 1. The van der Waals surface area contributed by atoms with Crippen molar-refractivity contribution in [1.29, 1.82) is 0 Å². The lowest BCUT2D eigenvalue weighted by molar-refractivity contribution is -0.132. The van der Waals surface area contributed by atoms with Gasteiger partial charge in [-0.05, 0) is 67.4 Å². The molecular weight excluding hydrogens is 537 g/mol. The van der Waals surface area contributed by atoms with E-state index in [4.69, 9.17) is 16.4 Å². The van der Waals surface area contributed by atoms with Crippen molar-refractivity contribution < 1.29 is 32.3 Å². The number of halogens is 2. The Hall–Kier alpha value is -3.67. The summed E-state index contributed by atoms with van der Waals surface area (Å²) < 4.78 is 41.2. The Bertz CT molecular complexity index is 1400. The van der Waals surface area contributed by atoms with Crippen LogP contribution in [0.15, 0.2) is 77.7 Å². The van der Waals surface area contributed by atoms with Crippen LogP contribution in [-0.2, 0) is 14.8 Å². The average Bonchev–Trinajstić information content (AvgIpc) is 2.92. The van der Waals surface area contributed by atoms with Gasteiger partial charge in [0.15, 0.2) is 5.75 Å². The smallest absolute Gasteiger partial charge is 0.295 e. The van der Waals surface area contributed by atoms with Crippen LogP contribution in [0, 0.1) is 5.82 Å². The van der Waals surface area contributed by atoms with Crippen LogP contribution in [0.1, 0.15) is 23.2 Å². The number of hydrogen-bond acceptors (Lipinski definition) is 6. The minimum atomic E-state index is -4.32. The Morgan fingerprint density at radius 1 is 1.05 bits per heavy atom. The van der Waals surface area contributed by atoms with Crippen LogP contribution >= 0.6 is 11.6 Å². The number of rotatable bonds is 8. The number of sulfonamides is 1. The number of hydrogen-bond donors (Lipinski definition) is 2. The highest BCUT2D eigenvalue weighted by atomic mass is 35.5. The molecule has 1 aliphatic rings. The zero-order chi connectivity index (χ0) is 27.3. The molecule has 3 aromatic carbocycles. The first kappa shape index (κ1) is 27.4. The van der Waals surface area contributed by atoms with Crippen LogP contribution in [0.5, 0.6) is 5.75 Å². The normalized spacial score (nSPS) is 14.1. The van der Waals surface area contributed by atoms with Gasteiger partial charge >= 0.3 is 0 Å². The summed E-state index contributed by atoms with van der Waals surface area (Å²) in [6.45, 7) is 0.625. The second-order valence-electron chi connectivity index (χ2n) is 8.55. The van der Waals surface area contributed by atoms with Crippen molar-refractivity contribution in [1.82, 2.24) is 10.2 Å². The SMILES string of the molecule is O=C(NCC(=O)N1CCC(O)CC1)c1ccc(S(=O)(=O)N(Oc2ccc(F)cc2Cl)c2ccccc2)cc1. The van der Waals surface area contributed by atoms with Gasteiger partial charge in [-0.3, -0.25) is 9.59 Å². The average molecular weight is 562 g/mol. The Labute approximate surface area is 224 Å². The summed E-state index contributed by atoms with van der Waals surface area (Å²) in [6, 6.07) is 16.4. The van der Waals surface area contributed by atoms with Gasteiger partial charge in [-0.1, -0.05) is 34.3 Å². The van der Waals surface area contributed by atoms with Crippen LogP contribution in [0.2, 0.25) is 5.02 Å². The third-order valence-electron chi connectivity index (χ3n) is 5.89. The lowest BCUT2D eigenvalue weighted by Gasteiger charge is -2.29. The van der Waals surface area contributed by atoms with Crippen molar-refractivity contribution >= 4 is 39.1 Å². The second kappa shape index (κ2) is 11.8. The first-order chi connectivity index (χ1) is 18.1. The predicted molar refractivity (Wildman–Crippen MR) is 139 cm³/mol. The third kappa shape index (κ3) is 6.42. The number of likely N-dealkylation sites (tertiary alicyclic amines) is 1. The van der Waals surface area contributed by atoms with Gasteiger partial charge in [0.1, 0.15) is 5.82 Å². The highest BCUT2D eigenvalue weighted by molar-refractivity contribution is 7.92. The number of carbonyl (C=O) groups is 2. The van der Waals surface area contributed by atoms with E-state index in [1.54, 1.807) is 23.1 Å². The van der Waals surface area contributed by atoms with Gasteiger partial charge in [0.05, 0.1) is 28.3 Å². The maximum atomic E-state index is 13.5. The van der Waals surface area contributed by atoms with E-state index >= 15 is 0 Å². The van der Waals surface area contributed by atoms with Gasteiger partial charge in [0.2, 0.25) is 5.91 Å². The van der Waals surface area contributed by atoms with E-state index in [0.717, 1.165) is 12.1 Å². The van der Waals surface area contributed by atoms with E-state index in [9.17, 15) is 27.5 Å². The van der Waals surface area contributed by atoms with Crippen molar-refractivity contribution in [2.45, 2.75) is 23.8 Å². The van der Waals surface area contributed by atoms with E-state index in [0.29, 0.717) is 30.4 Å². The largest absolute Gasteiger partial charge is 0.393 e. The Morgan fingerprint density at radius 2 is 1.71 bits per heavy atom. The summed E-state index contributed by atoms with van der Waals surface area (Å²) in [4.78, 5) is 31.9. The molecule has 3 aromatic rings. The first-order valence-electron chi connectivity index (χ1n) is 11.7. The van der Waals surface area contributed by atoms with Crippen molar-refractivity contribution in [3.05, 3.63) is 89.2 Å². The quantitative estimate of drug-likeness (QED) is 0.407. The van der Waals surface area contributed by atoms with E-state index < -0.39 is 27.9 Å². The molecule has 200 valence electrons. The summed E-state index contributed by atoms with van der Waals surface area (Å²) in [7, 11) is -4.32. The minimum Gasteiger partial charge on any atom is -0.393 e. The van der Waals surface area contributed by atoms with Gasteiger partial charge in [-0.2, -0.15) is 8.42 Å². The lowest BCUT2D eigenvalue weighted by atomic mass is 10.1. The fourth-order valence-corrected chi connectivity index (χ4v) is 5.24. The van der Waals surface area contributed by atoms with Crippen LogP contribution < -0.4 is 14.6 Å².